The summed E-state index contributed by atoms with van der Waals surface area (Å²) in [4.78, 5) is 26.3. The minimum Gasteiger partial charge on any atom is -0.387 e. The van der Waals surface area contributed by atoms with Gasteiger partial charge in [0.25, 0.3) is 5.91 Å². The number of hydrogen-bond acceptors (Lipinski definition) is 3. The first-order valence-electron chi connectivity index (χ1n) is 6.68. The van der Waals surface area contributed by atoms with Crippen molar-refractivity contribution in [3.05, 3.63) is 35.4 Å². The van der Waals surface area contributed by atoms with Crippen LogP contribution < -0.4 is 0 Å². The van der Waals surface area contributed by atoms with E-state index in [1.165, 1.54) is 21.9 Å². The van der Waals surface area contributed by atoms with Crippen LogP contribution in [-0.4, -0.2) is 59.5 Å². The van der Waals surface area contributed by atoms with Crippen molar-refractivity contribution in [2.75, 3.05) is 32.8 Å². The zero-order valence-electron chi connectivity index (χ0n) is 11.6. The molecule has 22 heavy (non-hydrogen) atoms. The Bertz CT molecular complexity index is 567. The lowest BCUT2D eigenvalue weighted by Crippen LogP contribution is -2.51. The maximum absolute atomic E-state index is 12.9. The Labute approximate surface area is 124 Å². The van der Waals surface area contributed by atoms with E-state index in [-0.39, 0.29) is 26.2 Å². The molecule has 1 N–H and O–H groups in total. The third-order valence-electron chi connectivity index (χ3n) is 3.52. The third kappa shape index (κ3) is 3.38. The highest BCUT2D eigenvalue weighted by molar-refractivity contribution is 5.96. The summed E-state index contributed by atoms with van der Waals surface area (Å²) in [5, 5.41) is 8.77. The van der Waals surface area contributed by atoms with Crippen molar-refractivity contribution in [3.63, 3.8) is 0 Å². The van der Waals surface area contributed by atoms with Crippen LogP contribution in [0.2, 0.25) is 0 Å². The quantitative estimate of drug-likeness (QED) is 0.885. The molecule has 0 saturated carbocycles. The van der Waals surface area contributed by atoms with Crippen LogP contribution in [0, 0.1) is 0 Å². The molecule has 0 atom stereocenters. The number of rotatable bonds is 2. The molecule has 1 aromatic carbocycles. The first-order chi connectivity index (χ1) is 10.3. The number of benzene rings is 1. The first kappa shape index (κ1) is 16.3. The Balaban J connectivity index is 2.13. The molecular formula is C14H15F3N2O3. The number of piperazine rings is 1. The van der Waals surface area contributed by atoms with Crippen LogP contribution in [0.1, 0.15) is 15.9 Å². The van der Waals surface area contributed by atoms with Crippen molar-refractivity contribution in [1.29, 1.82) is 0 Å². The van der Waals surface area contributed by atoms with Crippen LogP contribution >= 0.6 is 0 Å². The van der Waals surface area contributed by atoms with Crippen LogP contribution in [0.25, 0.3) is 0 Å². The summed E-state index contributed by atoms with van der Waals surface area (Å²) in [6.45, 7) is 0.0387. The summed E-state index contributed by atoms with van der Waals surface area (Å²) in [5.74, 6) is -1.16. The smallest absolute Gasteiger partial charge is 0.387 e. The zero-order chi connectivity index (χ0) is 16.3. The molecule has 0 bridgehead atoms. The second-order valence-corrected chi connectivity index (χ2v) is 4.87. The predicted octanol–water partition coefficient (Wildman–Crippen LogP) is 0.982. The lowest BCUT2D eigenvalue weighted by molar-refractivity contribution is -0.138. The van der Waals surface area contributed by atoms with Gasteiger partial charge < -0.3 is 14.9 Å². The molecule has 1 saturated heterocycles. The molecule has 1 fully saturated rings. The molecule has 8 heteroatoms. The number of amides is 2. The Hall–Kier alpha value is -2.09. The Morgan fingerprint density at radius 2 is 1.59 bits per heavy atom. The topological polar surface area (TPSA) is 60.9 Å². The van der Waals surface area contributed by atoms with Gasteiger partial charge in [0.05, 0.1) is 11.1 Å². The van der Waals surface area contributed by atoms with E-state index in [0.717, 1.165) is 12.1 Å². The largest absolute Gasteiger partial charge is 0.417 e. The second kappa shape index (κ2) is 6.35. The summed E-state index contributed by atoms with van der Waals surface area (Å²) < 4.78 is 38.8. The van der Waals surface area contributed by atoms with Crippen molar-refractivity contribution in [1.82, 2.24) is 9.80 Å². The van der Waals surface area contributed by atoms with Crippen molar-refractivity contribution in [2.24, 2.45) is 0 Å². The van der Waals surface area contributed by atoms with E-state index in [4.69, 9.17) is 5.11 Å². The molecule has 2 amide bonds. The lowest BCUT2D eigenvalue weighted by atomic mass is 10.1. The highest BCUT2D eigenvalue weighted by Gasteiger charge is 2.36. The number of aliphatic hydroxyl groups is 1. The van der Waals surface area contributed by atoms with E-state index in [1.54, 1.807) is 0 Å². The van der Waals surface area contributed by atoms with Gasteiger partial charge in [0.1, 0.15) is 6.61 Å². The van der Waals surface area contributed by atoms with Gasteiger partial charge in [-0.05, 0) is 12.1 Å². The van der Waals surface area contributed by atoms with Gasteiger partial charge in [-0.25, -0.2) is 0 Å². The van der Waals surface area contributed by atoms with Gasteiger partial charge in [0, 0.05) is 26.2 Å². The maximum atomic E-state index is 12.9. The van der Waals surface area contributed by atoms with Gasteiger partial charge in [-0.2, -0.15) is 13.2 Å². The van der Waals surface area contributed by atoms with Gasteiger partial charge in [0.2, 0.25) is 5.91 Å². The molecule has 0 spiro atoms. The highest BCUT2D eigenvalue weighted by atomic mass is 19.4. The van der Waals surface area contributed by atoms with Crippen LogP contribution in [-0.2, 0) is 11.0 Å². The number of hydrogen-bond donors (Lipinski definition) is 1. The van der Waals surface area contributed by atoms with Crippen molar-refractivity contribution in [2.45, 2.75) is 6.18 Å². The molecule has 1 heterocycles. The fraction of sp³-hybridized carbons (Fsp3) is 0.429. The molecule has 2 rings (SSSR count). The molecule has 1 aromatic rings. The number of alkyl halides is 3. The monoisotopic (exact) mass is 316 g/mol. The Morgan fingerprint density at radius 3 is 2.14 bits per heavy atom. The molecule has 1 aliphatic rings. The van der Waals surface area contributed by atoms with Crippen LogP contribution in [0.5, 0.6) is 0 Å². The minimum absolute atomic E-state index is 0.136. The summed E-state index contributed by atoms with van der Waals surface area (Å²) in [6.07, 6.45) is -4.60. The average Bonchev–Trinajstić information content (AvgIpc) is 2.52. The molecule has 1 aliphatic heterocycles. The second-order valence-electron chi connectivity index (χ2n) is 4.87. The van der Waals surface area contributed by atoms with Gasteiger partial charge in [-0.15, -0.1) is 0 Å². The normalized spacial score (nSPS) is 15.8. The van der Waals surface area contributed by atoms with Gasteiger partial charge >= 0.3 is 6.18 Å². The zero-order valence-corrected chi connectivity index (χ0v) is 11.6. The molecule has 120 valence electrons. The van der Waals surface area contributed by atoms with Gasteiger partial charge in [0.15, 0.2) is 0 Å². The lowest BCUT2D eigenvalue weighted by Gasteiger charge is -2.34. The van der Waals surface area contributed by atoms with Crippen LogP contribution in [0.4, 0.5) is 13.2 Å². The number of halogens is 3. The molecule has 0 aromatic heterocycles. The Kier molecular flexibility index (Phi) is 4.70. The molecular weight excluding hydrogens is 301 g/mol. The Morgan fingerprint density at radius 1 is 1.05 bits per heavy atom. The van der Waals surface area contributed by atoms with Crippen molar-refractivity contribution < 1.29 is 27.9 Å². The third-order valence-corrected chi connectivity index (χ3v) is 3.52. The fourth-order valence-electron chi connectivity index (χ4n) is 2.35. The maximum Gasteiger partial charge on any atom is 0.417 e. The molecule has 5 nitrogen and oxygen atoms in total. The predicted molar refractivity (Wildman–Crippen MR) is 71.0 cm³/mol. The number of aliphatic hydroxyl groups excluding tert-OH is 1. The van der Waals surface area contributed by atoms with E-state index in [0.29, 0.717) is 0 Å². The van der Waals surface area contributed by atoms with Crippen molar-refractivity contribution >= 4 is 11.8 Å². The fourth-order valence-corrected chi connectivity index (χ4v) is 2.35. The van der Waals surface area contributed by atoms with E-state index in [2.05, 4.69) is 0 Å². The van der Waals surface area contributed by atoms with E-state index in [1.807, 2.05) is 0 Å². The standard InChI is InChI=1S/C14H15F3N2O3/c15-14(16,17)11-4-2-1-3-10(11)13(22)19-7-5-18(6-8-19)12(21)9-20/h1-4,20H,5-9H2. The SMILES string of the molecule is O=C(CO)N1CCN(C(=O)c2ccccc2C(F)(F)F)CC1. The first-order valence-corrected chi connectivity index (χ1v) is 6.68. The van der Waals surface area contributed by atoms with E-state index < -0.39 is 35.7 Å². The number of carbonyl (C=O) groups is 2. The summed E-state index contributed by atoms with van der Waals surface area (Å²) in [6, 6.07) is 4.64. The molecule has 0 unspecified atom stereocenters. The average molecular weight is 316 g/mol. The minimum atomic E-state index is -4.60. The van der Waals surface area contributed by atoms with E-state index >= 15 is 0 Å². The molecule has 0 aliphatic carbocycles. The summed E-state index contributed by atoms with van der Waals surface area (Å²) in [5.41, 5.74) is -1.36. The highest BCUT2D eigenvalue weighted by Crippen LogP contribution is 2.32. The number of nitrogens with zero attached hydrogens (tertiary/aromatic N) is 2. The van der Waals surface area contributed by atoms with Crippen LogP contribution in [0.15, 0.2) is 24.3 Å². The van der Waals surface area contributed by atoms with Crippen LogP contribution in [0.3, 0.4) is 0 Å². The van der Waals surface area contributed by atoms with Gasteiger partial charge in [-0.1, -0.05) is 12.1 Å². The summed E-state index contributed by atoms with van der Waals surface area (Å²) >= 11 is 0. The number of carbonyl (C=O) groups excluding carboxylic acids is 2. The summed E-state index contributed by atoms with van der Waals surface area (Å²) in [7, 11) is 0. The molecule has 0 radical (unpaired) electrons. The van der Waals surface area contributed by atoms with Gasteiger partial charge in [-0.3, -0.25) is 9.59 Å². The van der Waals surface area contributed by atoms with E-state index in [9.17, 15) is 22.8 Å². The van der Waals surface area contributed by atoms with Crippen molar-refractivity contribution in [3.8, 4) is 0 Å².